The van der Waals surface area contributed by atoms with Crippen LogP contribution in [0, 0.1) is 0 Å². The molecule has 0 aliphatic carbocycles. The number of likely N-dealkylation sites (tertiary alicyclic amines) is 1. The van der Waals surface area contributed by atoms with E-state index in [2.05, 4.69) is 10.6 Å². The monoisotopic (exact) mass is 357 g/mol. The van der Waals surface area contributed by atoms with Crippen molar-refractivity contribution in [3.63, 3.8) is 0 Å². The molecule has 1 aromatic carbocycles. The summed E-state index contributed by atoms with van der Waals surface area (Å²) in [6.45, 7) is 5.53. The molecule has 3 amide bonds. The van der Waals surface area contributed by atoms with E-state index in [1.165, 1.54) is 23.1 Å². The molecule has 1 heterocycles. The molecule has 1 atom stereocenters. The van der Waals surface area contributed by atoms with E-state index in [9.17, 15) is 22.8 Å². The van der Waals surface area contributed by atoms with Crippen LogP contribution in [0.3, 0.4) is 0 Å². The lowest BCUT2D eigenvalue weighted by Gasteiger charge is -2.23. The second-order valence-corrected chi connectivity index (χ2v) is 7.18. The van der Waals surface area contributed by atoms with Gasteiger partial charge in [-0.25, -0.2) is 4.79 Å². The molecule has 1 unspecified atom stereocenters. The Kier molecular flexibility index (Phi) is 5.29. The van der Waals surface area contributed by atoms with Crippen molar-refractivity contribution in [2.24, 2.45) is 0 Å². The van der Waals surface area contributed by atoms with E-state index in [1.807, 2.05) is 20.8 Å². The maximum absolute atomic E-state index is 13.1. The summed E-state index contributed by atoms with van der Waals surface area (Å²) in [5, 5.41) is 5.42. The first-order valence-corrected chi connectivity index (χ1v) is 7.97. The Morgan fingerprint density at radius 3 is 2.48 bits per heavy atom. The number of hydrogen-bond acceptors (Lipinski definition) is 2. The van der Waals surface area contributed by atoms with Crippen LogP contribution in [0.15, 0.2) is 24.3 Å². The van der Waals surface area contributed by atoms with Crippen LogP contribution < -0.4 is 10.6 Å². The van der Waals surface area contributed by atoms with E-state index < -0.39 is 29.4 Å². The number of amides is 3. The molecule has 0 saturated carbocycles. The van der Waals surface area contributed by atoms with Crippen LogP contribution in [0.1, 0.15) is 38.3 Å². The molecule has 0 bridgehead atoms. The van der Waals surface area contributed by atoms with Gasteiger partial charge in [0.05, 0.1) is 11.6 Å². The van der Waals surface area contributed by atoms with Gasteiger partial charge < -0.3 is 15.5 Å². The molecule has 1 fully saturated rings. The fourth-order valence-electron chi connectivity index (χ4n) is 2.72. The highest BCUT2D eigenvalue weighted by molar-refractivity contribution is 5.81. The average molecular weight is 357 g/mol. The van der Waals surface area contributed by atoms with Gasteiger partial charge in [0.15, 0.2) is 0 Å². The SMILES string of the molecule is CC(C)(C)NC(=O)NC1CC(=O)N(Cc2ccccc2C(F)(F)F)C1. The minimum absolute atomic E-state index is 0.0446. The van der Waals surface area contributed by atoms with Gasteiger partial charge in [0, 0.05) is 25.0 Å². The number of alkyl halides is 3. The first-order chi connectivity index (χ1) is 11.5. The van der Waals surface area contributed by atoms with Gasteiger partial charge in [0.25, 0.3) is 0 Å². The Balaban J connectivity index is 2.02. The first kappa shape index (κ1) is 19.1. The quantitative estimate of drug-likeness (QED) is 0.874. The van der Waals surface area contributed by atoms with Gasteiger partial charge in [0.1, 0.15) is 0 Å². The van der Waals surface area contributed by atoms with E-state index in [1.54, 1.807) is 0 Å². The standard InChI is InChI=1S/C17H22F3N3O2/c1-16(2,3)22-15(25)21-12-8-14(24)23(10-12)9-11-6-4-5-7-13(11)17(18,19)20/h4-7,12H,8-10H2,1-3H3,(H2,21,22,25). The summed E-state index contributed by atoms with van der Waals surface area (Å²) in [6, 6.07) is 4.37. The zero-order valence-electron chi connectivity index (χ0n) is 14.4. The molecule has 0 aromatic heterocycles. The van der Waals surface area contributed by atoms with E-state index in [4.69, 9.17) is 0 Å². The third kappa shape index (κ3) is 5.37. The molecule has 25 heavy (non-hydrogen) atoms. The van der Waals surface area contributed by atoms with Crippen molar-refractivity contribution in [3.8, 4) is 0 Å². The Morgan fingerprint density at radius 1 is 1.24 bits per heavy atom. The van der Waals surface area contributed by atoms with E-state index in [0.29, 0.717) is 0 Å². The summed E-state index contributed by atoms with van der Waals surface area (Å²) in [4.78, 5) is 25.3. The number of hydrogen-bond donors (Lipinski definition) is 2. The number of halogens is 3. The normalized spacial score (nSPS) is 18.4. The number of urea groups is 1. The molecular weight excluding hydrogens is 335 g/mol. The fourth-order valence-corrected chi connectivity index (χ4v) is 2.72. The maximum atomic E-state index is 13.1. The van der Waals surface area contributed by atoms with Crippen molar-refractivity contribution < 1.29 is 22.8 Å². The lowest BCUT2D eigenvalue weighted by molar-refractivity contribution is -0.139. The van der Waals surface area contributed by atoms with Crippen molar-refractivity contribution in [2.45, 2.75) is 51.5 Å². The minimum atomic E-state index is -4.47. The van der Waals surface area contributed by atoms with Crippen molar-refractivity contribution in [3.05, 3.63) is 35.4 Å². The average Bonchev–Trinajstić information content (AvgIpc) is 2.75. The summed E-state index contributed by atoms with van der Waals surface area (Å²) in [6.07, 6.45) is -4.39. The summed E-state index contributed by atoms with van der Waals surface area (Å²) in [5.74, 6) is -0.280. The molecule has 2 N–H and O–H groups in total. The maximum Gasteiger partial charge on any atom is 0.416 e. The van der Waals surface area contributed by atoms with E-state index in [-0.39, 0.29) is 31.0 Å². The van der Waals surface area contributed by atoms with Crippen LogP contribution in [0.25, 0.3) is 0 Å². The molecular formula is C17H22F3N3O2. The van der Waals surface area contributed by atoms with Gasteiger partial charge in [-0.1, -0.05) is 18.2 Å². The molecule has 1 aliphatic rings. The highest BCUT2D eigenvalue weighted by Crippen LogP contribution is 2.32. The van der Waals surface area contributed by atoms with Crippen LogP contribution in [0.2, 0.25) is 0 Å². The Bertz CT molecular complexity index is 653. The van der Waals surface area contributed by atoms with E-state index >= 15 is 0 Å². The number of rotatable bonds is 3. The first-order valence-electron chi connectivity index (χ1n) is 7.97. The highest BCUT2D eigenvalue weighted by atomic mass is 19.4. The zero-order valence-corrected chi connectivity index (χ0v) is 14.4. The van der Waals surface area contributed by atoms with Gasteiger partial charge >= 0.3 is 12.2 Å². The van der Waals surface area contributed by atoms with Crippen molar-refractivity contribution >= 4 is 11.9 Å². The van der Waals surface area contributed by atoms with Gasteiger partial charge in [-0.2, -0.15) is 13.2 Å². The largest absolute Gasteiger partial charge is 0.416 e. The third-order valence-corrected chi connectivity index (χ3v) is 3.72. The predicted molar refractivity (Wildman–Crippen MR) is 86.7 cm³/mol. The number of carbonyl (C=O) groups excluding carboxylic acids is 2. The molecule has 0 radical (unpaired) electrons. The fraction of sp³-hybridized carbons (Fsp3) is 0.529. The molecule has 1 aromatic rings. The molecule has 138 valence electrons. The summed E-state index contributed by atoms with van der Waals surface area (Å²) in [5.41, 5.74) is -1.12. The third-order valence-electron chi connectivity index (χ3n) is 3.72. The summed E-state index contributed by atoms with van der Waals surface area (Å²) < 4.78 is 39.2. The second kappa shape index (κ2) is 6.93. The number of benzene rings is 1. The number of carbonyl (C=O) groups is 2. The molecule has 5 nitrogen and oxygen atoms in total. The molecule has 8 heteroatoms. The smallest absolute Gasteiger partial charge is 0.336 e. The van der Waals surface area contributed by atoms with Gasteiger partial charge in [0.2, 0.25) is 5.91 Å². The lowest BCUT2D eigenvalue weighted by Crippen LogP contribution is -2.50. The molecule has 1 saturated heterocycles. The topological polar surface area (TPSA) is 61.4 Å². The van der Waals surface area contributed by atoms with Crippen LogP contribution in [-0.4, -0.2) is 35.0 Å². The van der Waals surface area contributed by atoms with Crippen LogP contribution >= 0.6 is 0 Å². The summed E-state index contributed by atoms with van der Waals surface area (Å²) in [7, 11) is 0. The Hall–Kier alpha value is -2.25. The van der Waals surface area contributed by atoms with Gasteiger partial charge in [-0.05, 0) is 32.4 Å². The van der Waals surface area contributed by atoms with Gasteiger partial charge in [-0.3, -0.25) is 4.79 Å². The van der Waals surface area contributed by atoms with Crippen molar-refractivity contribution in [2.75, 3.05) is 6.54 Å². The van der Waals surface area contributed by atoms with Crippen LogP contribution in [0.5, 0.6) is 0 Å². The predicted octanol–water partition coefficient (Wildman–Crippen LogP) is 2.90. The molecule has 2 rings (SSSR count). The minimum Gasteiger partial charge on any atom is -0.336 e. The number of nitrogens with zero attached hydrogens (tertiary/aromatic N) is 1. The van der Waals surface area contributed by atoms with Crippen molar-refractivity contribution in [1.29, 1.82) is 0 Å². The second-order valence-electron chi connectivity index (χ2n) is 7.18. The van der Waals surface area contributed by atoms with Gasteiger partial charge in [-0.15, -0.1) is 0 Å². The zero-order chi connectivity index (χ0) is 18.8. The molecule has 1 aliphatic heterocycles. The molecule has 0 spiro atoms. The van der Waals surface area contributed by atoms with Crippen LogP contribution in [-0.2, 0) is 17.5 Å². The summed E-state index contributed by atoms with van der Waals surface area (Å²) >= 11 is 0. The van der Waals surface area contributed by atoms with Crippen molar-refractivity contribution in [1.82, 2.24) is 15.5 Å². The van der Waals surface area contributed by atoms with Crippen LogP contribution in [0.4, 0.5) is 18.0 Å². The lowest BCUT2D eigenvalue weighted by atomic mass is 10.1. The Labute approximate surface area is 144 Å². The number of nitrogens with one attached hydrogen (secondary N) is 2. The Morgan fingerprint density at radius 2 is 1.88 bits per heavy atom. The highest BCUT2D eigenvalue weighted by Gasteiger charge is 2.36. The van der Waals surface area contributed by atoms with E-state index in [0.717, 1.165) is 6.07 Å².